The zero-order valence-corrected chi connectivity index (χ0v) is 11.4. The van der Waals surface area contributed by atoms with Gasteiger partial charge in [0.25, 0.3) is 5.91 Å². The standard InChI is InChI=1S/C17H14N2O2/c20-15-17(13-7-2-1-3-8-13)14-9-5-4-6-12(14)10-11-19(17)16(21)18-15/h1-9H,10-11H2,(H,18,20,21)/t17-/m1/s1. The molecule has 4 heteroatoms. The quantitative estimate of drug-likeness (QED) is 0.812. The molecule has 4 nitrogen and oxygen atoms in total. The van der Waals surface area contributed by atoms with Gasteiger partial charge in [-0.25, -0.2) is 4.79 Å². The summed E-state index contributed by atoms with van der Waals surface area (Å²) in [4.78, 5) is 26.6. The number of urea groups is 1. The summed E-state index contributed by atoms with van der Waals surface area (Å²) >= 11 is 0. The molecule has 2 heterocycles. The Labute approximate surface area is 122 Å². The molecular formula is C17H14N2O2. The van der Waals surface area contributed by atoms with Gasteiger partial charge in [-0.2, -0.15) is 0 Å². The Morgan fingerprint density at radius 2 is 1.67 bits per heavy atom. The van der Waals surface area contributed by atoms with Gasteiger partial charge >= 0.3 is 6.03 Å². The molecule has 3 amide bonds. The van der Waals surface area contributed by atoms with Gasteiger partial charge in [-0.15, -0.1) is 0 Å². The molecule has 1 fully saturated rings. The van der Waals surface area contributed by atoms with Gasteiger partial charge in [0.1, 0.15) is 0 Å². The van der Waals surface area contributed by atoms with Gasteiger partial charge in [-0.1, -0.05) is 54.6 Å². The topological polar surface area (TPSA) is 49.4 Å². The summed E-state index contributed by atoms with van der Waals surface area (Å²) in [5, 5.41) is 2.49. The van der Waals surface area contributed by atoms with E-state index in [1.807, 2.05) is 54.6 Å². The third-order valence-electron chi connectivity index (χ3n) is 4.40. The Morgan fingerprint density at radius 3 is 2.48 bits per heavy atom. The van der Waals surface area contributed by atoms with Crippen LogP contribution in [0.1, 0.15) is 16.7 Å². The van der Waals surface area contributed by atoms with E-state index >= 15 is 0 Å². The Bertz CT molecular complexity index is 741. The molecule has 0 aliphatic carbocycles. The number of amides is 3. The number of nitrogens with one attached hydrogen (secondary N) is 1. The van der Waals surface area contributed by atoms with Gasteiger partial charge in [0.05, 0.1) is 0 Å². The van der Waals surface area contributed by atoms with Crippen LogP contribution < -0.4 is 5.32 Å². The van der Waals surface area contributed by atoms with E-state index in [2.05, 4.69) is 5.32 Å². The number of rotatable bonds is 1. The zero-order valence-electron chi connectivity index (χ0n) is 11.4. The molecule has 0 spiro atoms. The van der Waals surface area contributed by atoms with Gasteiger partial charge < -0.3 is 4.90 Å². The number of benzene rings is 2. The van der Waals surface area contributed by atoms with E-state index in [9.17, 15) is 9.59 Å². The van der Waals surface area contributed by atoms with Crippen molar-refractivity contribution in [3.05, 3.63) is 71.3 Å². The molecule has 0 aromatic heterocycles. The summed E-state index contributed by atoms with van der Waals surface area (Å²) in [6.07, 6.45) is 0.769. The first-order chi connectivity index (χ1) is 10.2. The van der Waals surface area contributed by atoms with Crippen LogP contribution in [-0.4, -0.2) is 23.4 Å². The molecule has 1 saturated heterocycles. The largest absolute Gasteiger partial charge is 0.325 e. The lowest BCUT2D eigenvalue weighted by atomic mass is 9.76. The van der Waals surface area contributed by atoms with Crippen molar-refractivity contribution < 1.29 is 9.59 Å². The van der Waals surface area contributed by atoms with Gasteiger partial charge in [0.15, 0.2) is 5.54 Å². The number of imide groups is 1. The fourth-order valence-electron chi connectivity index (χ4n) is 3.51. The third kappa shape index (κ3) is 1.44. The van der Waals surface area contributed by atoms with Crippen LogP contribution in [0.25, 0.3) is 0 Å². The number of hydrogen-bond acceptors (Lipinski definition) is 2. The summed E-state index contributed by atoms with van der Waals surface area (Å²) in [7, 11) is 0. The van der Waals surface area contributed by atoms with Crippen LogP contribution in [0, 0.1) is 0 Å². The molecule has 0 unspecified atom stereocenters. The van der Waals surface area contributed by atoms with Crippen LogP contribution >= 0.6 is 0 Å². The predicted molar refractivity (Wildman–Crippen MR) is 77.6 cm³/mol. The monoisotopic (exact) mass is 278 g/mol. The number of nitrogens with zero attached hydrogens (tertiary/aromatic N) is 1. The fourth-order valence-corrected chi connectivity index (χ4v) is 3.51. The molecule has 1 N–H and O–H groups in total. The van der Waals surface area contributed by atoms with Crippen molar-refractivity contribution in [2.24, 2.45) is 0 Å². The summed E-state index contributed by atoms with van der Waals surface area (Å²) in [6.45, 7) is 0.545. The van der Waals surface area contributed by atoms with E-state index < -0.39 is 5.54 Å². The summed E-state index contributed by atoms with van der Waals surface area (Å²) in [5.41, 5.74) is 1.85. The first-order valence-corrected chi connectivity index (χ1v) is 7.01. The smallest absolute Gasteiger partial charge is 0.301 e. The normalized spacial score (nSPS) is 23.5. The van der Waals surface area contributed by atoms with E-state index in [1.165, 1.54) is 0 Å². The van der Waals surface area contributed by atoms with Gasteiger partial charge in [0, 0.05) is 6.54 Å². The minimum Gasteiger partial charge on any atom is -0.301 e. The van der Waals surface area contributed by atoms with Crippen molar-refractivity contribution in [2.75, 3.05) is 6.54 Å². The fraction of sp³-hybridized carbons (Fsp3) is 0.176. The van der Waals surface area contributed by atoms with E-state index in [1.54, 1.807) is 4.90 Å². The Kier molecular flexibility index (Phi) is 2.42. The zero-order chi connectivity index (χ0) is 14.4. The Hall–Kier alpha value is -2.62. The molecule has 0 bridgehead atoms. The maximum Gasteiger partial charge on any atom is 0.325 e. The van der Waals surface area contributed by atoms with Crippen LogP contribution in [0.5, 0.6) is 0 Å². The molecule has 2 aromatic carbocycles. The van der Waals surface area contributed by atoms with Crippen LogP contribution in [0.3, 0.4) is 0 Å². The van der Waals surface area contributed by atoms with Crippen molar-refractivity contribution in [1.29, 1.82) is 0 Å². The SMILES string of the molecule is O=C1NC(=O)[C@@]2(c3ccccc3)c3ccccc3CCN12. The average Bonchev–Trinajstić information content (AvgIpc) is 2.80. The lowest BCUT2D eigenvalue weighted by Gasteiger charge is -2.41. The first kappa shape index (κ1) is 12.1. The third-order valence-corrected chi connectivity index (χ3v) is 4.40. The molecule has 0 saturated carbocycles. The van der Waals surface area contributed by atoms with E-state index in [-0.39, 0.29) is 11.9 Å². The second-order valence-corrected chi connectivity index (χ2v) is 5.39. The molecule has 2 aromatic rings. The van der Waals surface area contributed by atoms with Crippen LogP contribution in [0.4, 0.5) is 4.79 Å². The highest BCUT2D eigenvalue weighted by Gasteiger charge is 2.57. The van der Waals surface area contributed by atoms with Crippen LogP contribution in [-0.2, 0) is 16.8 Å². The van der Waals surface area contributed by atoms with Crippen molar-refractivity contribution in [1.82, 2.24) is 10.2 Å². The lowest BCUT2D eigenvalue weighted by molar-refractivity contribution is -0.125. The second-order valence-electron chi connectivity index (χ2n) is 5.39. The van der Waals surface area contributed by atoms with Gasteiger partial charge in [0.2, 0.25) is 0 Å². The average molecular weight is 278 g/mol. The molecule has 2 aliphatic rings. The van der Waals surface area contributed by atoms with Gasteiger partial charge in [-0.05, 0) is 23.1 Å². The lowest BCUT2D eigenvalue weighted by Crippen LogP contribution is -2.51. The molecule has 104 valence electrons. The summed E-state index contributed by atoms with van der Waals surface area (Å²) in [6, 6.07) is 17.1. The van der Waals surface area contributed by atoms with E-state index in [0.29, 0.717) is 6.54 Å². The molecular weight excluding hydrogens is 264 g/mol. The minimum atomic E-state index is -1.02. The molecule has 2 aliphatic heterocycles. The Balaban J connectivity index is 2.06. The summed E-state index contributed by atoms with van der Waals surface area (Å²) in [5.74, 6) is -0.258. The number of carbonyl (C=O) groups is 2. The van der Waals surface area contributed by atoms with E-state index in [0.717, 1.165) is 23.1 Å². The highest BCUT2D eigenvalue weighted by Crippen LogP contribution is 2.43. The molecule has 4 rings (SSSR count). The molecule has 21 heavy (non-hydrogen) atoms. The predicted octanol–water partition coefficient (Wildman–Crippen LogP) is 2.04. The van der Waals surface area contributed by atoms with Crippen LogP contribution in [0.15, 0.2) is 54.6 Å². The van der Waals surface area contributed by atoms with Crippen molar-refractivity contribution >= 4 is 11.9 Å². The molecule has 1 atom stereocenters. The summed E-state index contributed by atoms with van der Waals surface area (Å²) < 4.78 is 0. The Morgan fingerprint density at radius 1 is 0.952 bits per heavy atom. The molecule has 0 radical (unpaired) electrons. The first-order valence-electron chi connectivity index (χ1n) is 7.01. The van der Waals surface area contributed by atoms with Crippen LogP contribution in [0.2, 0.25) is 0 Å². The van der Waals surface area contributed by atoms with Crippen molar-refractivity contribution in [3.63, 3.8) is 0 Å². The maximum absolute atomic E-state index is 12.7. The maximum atomic E-state index is 12.7. The number of hydrogen-bond donors (Lipinski definition) is 1. The minimum absolute atomic E-state index is 0.258. The van der Waals surface area contributed by atoms with Crippen molar-refractivity contribution in [2.45, 2.75) is 12.0 Å². The highest BCUT2D eigenvalue weighted by atomic mass is 16.2. The number of carbonyl (C=O) groups excluding carboxylic acids is 2. The van der Waals surface area contributed by atoms with E-state index in [4.69, 9.17) is 0 Å². The number of fused-ring (bicyclic) bond motifs is 3. The second kappa shape index (κ2) is 4.19. The highest BCUT2D eigenvalue weighted by molar-refractivity contribution is 6.10. The van der Waals surface area contributed by atoms with Crippen molar-refractivity contribution in [3.8, 4) is 0 Å². The van der Waals surface area contributed by atoms with Gasteiger partial charge in [-0.3, -0.25) is 10.1 Å².